The quantitative estimate of drug-likeness (QED) is 0.787. The summed E-state index contributed by atoms with van der Waals surface area (Å²) < 4.78 is 5.54. The molecule has 1 saturated heterocycles. The second-order valence-electron chi connectivity index (χ2n) is 6.10. The SMILES string of the molecule is C=C(C)COc1cccc(C(=O)N2CCN(CC(=O)O)C(=O)C2C)c1. The zero-order valence-electron chi connectivity index (χ0n) is 14.4. The van der Waals surface area contributed by atoms with Crippen LogP contribution in [0.1, 0.15) is 24.2 Å². The maximum Gasteiger partial charge on any atom is 0.323 e. The molecule has 0 aromatic heterocycles. The van der Waals surface area contributed by atoms with E-state index in [2.05, 4.69) is 6.58 Å². The van der Waals surface area contributed by atoms with E-state index in [1.807, 2.05) is 6.92 Å². The molecule has 1 N–H and O–H groups in total. The summed E-state index contributed by atoms with van der Waals surface area (Å²) in [4.78, 5) is 38.5. The monoisotopic (exact) mass is 346 g/mol. The molecule has 7 nitrogen and oxygen atoms in total. The van der Waals surface area contributed by atoms with Gasteiger partial charge >= 0.3 is 5.97 Å². The van der Waals surface area contributed by atoms with Crippen LogP contribution in [0, 0.1) is 0 Å². The number of rotatable bonds is 6. The second kappa shape index (κ2) is 7.83. The fourth-order valence-electron chi connectivity index (χ4n) is 2.62. The molecule has 134 valence electrons. The van der Waals surface area contributed by atoms with Crippen molar-refractivity contribution in [3.63, 3.8) is 0 Å². The highest BCUT2D eigenvalue weighted by Crippen LogP contribution is 2.19. The lowest BCUT2D eigenvalue weighted by molar-refractivity contribution is -0.148. The average molecular weight is 346 g/mol. The summed E-state index contributed by atoms with van der Waals surface area (Å²) in [5.74, 6) is -1.16. The molecule has 1 aromatic carbocycles. The van der Waals surface area contributed by atoms with Crippen LogP contribution in [0.3, 0.4) is 0 Å². The number of amides is 2. The fraction of sp³-hybridized carbons (Fsp3) is 0.389. The third kappa shape index (κ3) is 4.59. The standard InChI is InChI=1S/C18H22N2O5/c1-12(2)11-25-15-6-4-5-14(9-15)18(24)20-8-7-19(10-16(21)22)17(23)13(20)3/h4-6,9,13H,1,7-8,10-11H2,2-3H3,(H,21,22). The third-order valence-corrected chi connectivity index (χ3v) is 3.90. The molecule has 1 aliphatic heterocycles. The smallest absolute Gasteiger partial charge is 0.323 e. The molecule has 0 spiro atoms. The molecule has 1 heterocycles. The van der Waals surface area contributed by atoms with E-state index in [1.54, 1.807) is 31.2 Å². The van der Waals surface area contributed by atoms with Crippen LogP contribution >= 0.6 is 0 Å². The van der Waals surface area contributed by atoms with E-state index in [0.717, 1.165) is 5.57 Å². The molecule has 0 radical (unpaired) electrons. The van der Waals surface area contributed by atoms with Crippen molar-refractivity contribution in [3.05, 3.63) is 42.0 Å². The highest BCUT2D eigenvalue weighted by Gasteiger charge is 2.35. The van der Waals surface area contributed by atoms with Gasteiger partial charge in [-0.1, -0.05) is 12.6 Å². The Bertz CT molecular complexity index is 700. The molecular weight excluding hydrogens is 324 g/mol. The maximum atomic E-state index is 12.7. The largest absolute Gasteiger partial charge is 0.489 e. The third-order valence-electron chi connectivity index (χ3n) is 3.90. The number of ether oxygens (including phenoxy) is 1. The van der Waals surface area contributed by atoms with Crippen molar-refractivity contribution >= 4 is 17.8 Å². The first-order valence-corrected chi connectivity index (χ1v) is 7.98. The van der Waals surface area contributed by atoms with Gasteiger partial charge in [0.05, 0.1) is 0 Å². The Morgan fingerprint density at radius 2 is 2.08 bits per heavy atom. The Morgan fingerprint density at radius 3 is 2.72 bits per heavy atom. The predicted molar refractivity (Wildman–Crippen MR) is 91.5 cm³/mol. The van der Waals surface area contributed by atoms with Crippen LogP contribution in [0.25, 0.3) is 0 Å². The van der Waals surface area contributed by atoms with E-state index in [0.29, 0.717) is 17.9 Å². The molecule has 1 fully saturated rings. The lowest BCUT2D eigenvalue weighted by Gasteiger charge is -2.38. The topological polar surface area (TPSA) is 87.2 Å². The molecular formula is C18H22N2O5. The van der Waals surface area contributed by atoms with Gasteiger partial charge < -0.3 is 19.6 Å². The first-order valence-electron chi connectivity index (χ1n) is 7.98. The van der Waals surface area contributed by atoms with Crippen LogP contribution in [0.5, 0.6) is 5.75 Å². The fourth-order valence-corrected chi connectivity index (χ4v) is 2.62. The van der Waals surface area contributed by atoms with Gasteiger partial charge in [0, 0.05) is 18.7 Å². The summed E-state index contributed by atoms with van der Waals surface area (Å²) in [6.45, 7) is 7.71. The summed E-state index contributed by atoms with van der Waals surface area (Å²) >= 11 is 0. The van der Waals surface area contributed by atoms with Crippen molar-refractivity contribution in [2.24, 2.45) is 0 Å². The predicted octanol–water partition coefficient (Wildman–Crippen LogP) is 1.40. The Kier molecular flexibility index (Phi) is 5.80. The van der Waals surface area contributed by atoms with E-state index in [-0.39, 0.29) is 31.4 Å². The van der Waals surface area contributed by atoms with Crippen molar-refractivity contribution in [1.29, 1.82) is 0 Å². The molecule has 1 unspecified atom stereocenters. The average Bonchev–Trinajstić information content (AvgIpc) is 2.57. The van der Waals surface area contributed by atoms with E-state index in [9.17, 15) is 14.4 Å². The highest BCUT2D eigenvalue weighted by molar-refractivity contribution is 5.98. The Labute approximate surface area is 146 Å². The molecule has 0 bridgehead atoms. The molecule has 2 amide bonds. The zero-order valence-corrected chi connectivity index (χ0v) is 14.4. The van der Waals surface area contributed by atoms with E-state index in [4.69, 9.17) is 9.84 Å². The van der Waals surface area contributed by atoms with Gasteiger partial charge in [-0.25, -0.2) is 0 Å². The van der Waals surface area contributed by atoms with Crippen LogP contribution in [-0.4, -0.2) is 65.0 Å². The van der Waals surface area contributed by atoms with E-state index in [1.165, 1.54) is 9.80 Å². The number of carbonyl (C=O) groups is 3. The van der Waals surface area contributed by atoms with Crippen molar-refractivity contribution in [3.8, 4) is 5.75 Å². The lowest BCUT2D eigenvalue weighted by atomic mass is 10.1. The van der Waals surface area contributed by atoms with Gasteiger partial charge in [-0.3, -0.25) is 14.4 Å². The zero-order chi connectivity index (χ0) is 18.6. The number of aliphatic carboxylic acids is 1. The van der Waals surface area contributed by atoms with Gasteiger partial charge in [-0.05, 0) is 37.6 Å². The van der Waals surface area contributed by atoms with Gasteiger partial charge in [0.2, 0.25) is 5.91 Å². The lowest BCUT2D eigenvalue weighted by Crippen LogP contribution is -2.58. The summed E-state index contributed by atoms with van der Waals surface area (Å²) in [6.07, 6.45) is 0. The first kappa shape index (κ1) is 18.5. The molecule has 25 heavy (non-hydrogen) atoms. The van der Waals surface area contributed by atoms with Crippen molar-refractivity contribution < 1.29 is 24.2 Å². The Hall–Kier alpha value is -2.83. The molecule has 1 aromatic rings. The molecule has 0 saturated carbocycles. The minimum Gasteiger partial charge on any atom is -0.489 e. The number of carboxylic acid groups (broad SMARTS) is 1. The van der Waals surface area contributed by atoms with Crippen LogP contribution < -0.4 is 4.74 Å². The summed E-state index contributed by atoms with van der Waals surface area (Å²) in [5.41, 5.74) is 1.29. The minimum atomic E-state index is -1.07. The Balaban J connectivity index is 2.10. The van der Waals surface area contributed by atoms with Crippen molar-refractivity contribution in [2.45, 2.75) is 19.9 Å². The second-order valence-corrected chi connectivity index (χ2v) is 6.10. The van der Waals surface area contributed by atoms with E-state index >= 15 is 0 Å². The number of hydrogen-bond acceptors (Lipinski definition) is 4. The summed E-state index contributed by atoms with van der Waals surface area (Å²) in [7, 11) is 0. The van der Waals surface area contributed by atoms with Gasteiger partial charge in [0.25, 0.3) is 5.91 Å². The summed E-state index contributed by atoms with van der Waals surface area (Å²) in [5, 5.41) is 8.85. The van der Waals surface area contributed by atoms with Gasteiger partial charge in [0.15, 0.2) is 0 Å². The van der Waals surface area contributed by atoms with E-state index < -0.39 is 12.0 Å². The van der Waals surface area contributed by atoms with Crippen molar-refractivity contribution in [2.75, 3.05) is 26.2 Å². The first-order chi connectivity index (χ1) is 11.8. The van der Waals surface area contributed by atoms with Crippen molar-refractivity contribution in [1.82, 2.24) is 9.80 Å². The maximum absolute atomic E-state index is 12.7. The number of hydrogen-bond donors (Lipinski definition) is 1. The molecule has 1 atom stereocenters. The molecule has 0 aliphatic carbocycles. The highest BCUT2D eigenvalue weighted by atomic mass is 16.5. The van der Waals surface area contributed by atoms with Gasteiger partial charge in [-0.15, -0.1) is 0 Å². The summed E-state index contributed by atoms with van der Waals surface area (Å²) in [6, 6.07) is 6.05. The van der Waals surface area contributed by atoms with Crippen LogP contribution in [0.15, 0.2) is 36.4 Å². The number of benzene rings is 1. The van der Waals surface area contributed by atoms with Crippen LogP contribution in [0.4, 0.5) is 0 Å². The number of carbonyl (C=O) groups excluding carboxylic acids is 2. The van der Waals surface area contributed by atoms with Crippen LogP contribution in [-0.2, 0) is 9.59 Å². The molecule has 1 aliphatic rings. The molecule has 7 heteroatoms. The Morgan fingerprint density at radius 1 is 1.36 bits per heavy atom. The number of nitrogens with zero attached hydrogens (tertiary/aromatic N) is 2. The minimum absolute atomic E-state index is 0.201. The normalized spacial score (nSPS) is 17.4. The van der Waals surface area contributed by atoms with Gasteiger partial charge in [0.1, 0.15) is 24.9 Å². The van der Waals surface area contributed by atoms with Crippen LogP contribution in [0.2, 0.25) is 0 Å². The number of piperazine rings is 1. The van der Waals surface area contributed by atoms with Gasteiger partial charge in [-0.2, -0.15) is 0 Å². The molecule has 2 rings (SSSR count). The number of carboxylic acids is 1.